The summed E-state index contributed by atoms with van der Waals surface area (Å²) in [7, 11) is 1.56. The highest BCUT2D eigenvalue weighted by Crippen LogP contribution is 2.29. The fraction of sp³-hybridized carbons (Fsp3) is 0.625. The van der Waals surface area contributed by atoms with Gasteiger partial charge in [-0.3, -0.25) is 24.8 Å². The normalized spacial score (nSPS) is 24.8. The lowest BCUT2D eigenvalue weighted by atomic mass is 9.92. The zero-order valence-electron chi connectivity index (χ0n) is 20.0. The number of benzene rings is 1. The molecule has 0 bridgehead atoms. The van der Waals surface area contributed by atoms with Gasteiger partial charge in [0.25, 0.3) is 11.8 Å². The number of hydrogen-bond donors (Lipinski definition) is 2. The van der Waals surface area contributed by atoms with E-state index in [1.165, 1.54) is 6.42 Å². The Kier molecular flexibility index (Phi) is 7.70. The van der Waals surface area contributed by atoms with E-state index in [9.17, 15) is 14.4 Å². The van der Waals surface area contributed by atoms with Crippen LogP contribution in [0, 0.1) is 5.92 Å². The molecule has 4 amide bonds. The maximum absolute atomic E-state index is 13.0. The van der Waals surface area contributed by atoms with Gasteiger partial charge in [-0.1, -0.05) is 12.1 Å². The monoisotopic (exact) mass is 473 g/mol. The van der Waals surface area contributed by atoms with Crippen LogP contribution in [0.2, 0.25) is 0 Å². The summed E-state index contributed by atoms with van der Waals surface area (Å²) in [6, 6.07) is 6.27. The van der Waals surface area contributed by atoms with E-state index in [0.717, 1.165) is 63.8 Å². The van der Waals surface area contributed by atoms with E-state index >= 15 is 0 Å². The molecule has 0 aliphatic carbocycles. The van der Waals surface area contributed by atoms with Gasteiger partial charge >= 0.3 is 6.03 Å². The van der Waals surface area contributed by atoms with E-state index in [1.807, 2.05) is 0 Å². The lowest BCUT2D eigenvalue weighted by Crippen LogP contribution is -2.51. The molecule has 10 heteroatoms. The molecule has 0 radical (unpaired) electrons. The van der Waals surface area contributed by atoms with E-state index in [4.69, 9.17) is 9.47 Å². The zero-order chi connectivity index (χ0) is 24.1. The predicted octanol–water partition coefficient (Wildman–Crippen LogP) is 0.928. The Morgan fingerprint density at radius 3 is 2.44 bits per heavy atom. The van der Waals surface area contributed by atoms with Crippen LogP contribution in [-0.4, -0.2) is 92.2 Å². The molecule has 1 aromatic rings. The van der Waals surface area contributed by atoms with Crippen molar-refractivity contribution >= 4 is 17.8 Å². The number of hydrogen-bond acceptors (Lipinski definition) is 7. The minimum Gasteiger partial charge on any atom is -0.497 e. The van der Waals surface area contributed by atoms with Crippen LogP contribution in [-0.2, 0) is 19.9 Å². The maximum atomic E-state index is 13.0. The molecule has 186 valence electrons. The summed E-state index contributed by atoms with van der Waals surface area (Å²) >= 11 is 0. The van der Waals surface area contributed by atoms with Crippen molar-refractivity contribution in [1.82, 2.24) is 25.6 Å². The Balaban J connectivity index is 1.23. The first-order valence-corrected chi connectivity index (χ1v) is 12.0. The molecule has 34 heavy (non-hydrogen) atoms. The summed E-state index contributed by atoms with van der Waals surface area (Å²) in [4.78, 5) is 42.7. The summed E-state index contributed by atoms with van der Waals surface area (Å²) < 4.78 is 10.6. The van der Waals surface area contributed by atoms with Crippen molar-refractivity contribution in [3.63, 3.8) is 0 Å². The number of amides is 4. The Morgan fingerprint density at radius 2 is 1.79 bits per heavy atom. The first-order chi connectivity index (χ1) is 16.4. The third-order valence-corrected chi connectivity index (χ3v) is 7.13. The number of morpholine rings is 1. The van der Waals surface area contributed by atoms with Gasteiger partial charge in [0.15, 0.2) is 0 Å². The van der Waals surface area contributed by atoms with Crippen LogP contribution in [0.5, 0.6) is 5.75 Å². The van der Waals surface area contributed by atoms with Crippen LogP contribution in [0.4, 0.5) is 4.79 Å². The number of likely N-dealkylation sites (tertiary alicyclic amines) is 1. The number of nitrogens with one attached hydrogen (secondary N) is 2. The summed E-state index contributed by atoms with van der Waals surface area (Å²) in [6.45, 7) is 8.24. The number of piperidine rings is 1. The average Bonchev–Trinajstić information content (AvgIpc) is 3.08. The number of carbonyl (C=O) groups excluding carboxylic acids is 3. The SMILES string of the molecule is COc1ccc(C2(C)NC(=O)N(NC(=O)CN3CCC(CCN4CCOCC4)CC3)C2=O)cc1. The highest BCUT2D eigenvalue weighted by molar-refractivity contribution is 6.08. The molecule has 3 fully saturated rings. The maximum Gasteiger partial charge on any atom is 0.344 e. The first-order valence-electron chi connectivity index (χ1n) is 12.0. The van der Waals surface area contributed by atoms with E-state index < -0.39 is 17.5 Å². The van der Waals surface area contributed by atoms with E-state index in [1.54, 1.807) is 38.3 Å². The summed E-state index contributed by atoms with van der Waals surface area (Å²) in [6.07, 6.45) is 3.28. The molecular weight excluding hydrogens is 438 g/mol. The van der Waals surface area contributed by atoms with Crippen molar-refractivity contribution in [2.24, 2.45) is 5.92 Å². The Bertz CT molecular complexity index is 880. The molecular formula is C24H35N5O5. The number of methoxy groups -OCH3 is 1. The largest absolute Gasteiger partial charge is 0.497 e. The average molecular weight is 474 g/mol. The number of rotatable bonds is 8. The first kappa shape index (κ1) is 24.4. The summed E-state index contributed by atoms with van der Waals surface area (Å²) in [5.74, 6) is 0.435. The Hall–Kier alpha value is -2.69. The quantitative estimate of drug-likeness (QED) is 0.542. The molecule has 4 rings (SSSR count). The lowest BCUT2D eigenvalue weighted by Gasteiger charge is -2.33. The van der Waals surface area contributed by atoms with E-state index in [-0.39, 0.29) is 12.5 Å². The molecule has 10 nitrogen and oxygen atoms in total. The Morgan fingerprint density at radius 1 is 1.12 bits per heavy atom. The number of carbonyl (C=O) groups is 3. The molecule has 3 heterocycles. The molecule has 1 atom stereocenters. The summed E-state index contributed by atoms with van der Waals surface area (Å²) in [5, 5.41) is 3.49. The van der Waals surface area contributed by atoms with Crippen molar-refractivity contribution < 1.29 is 23.9 Å². The number of urea groups is 1. The molecule has 3 aliphatic rings. The number of hydrazine groups is 1. The van der Waals surface area contributed by atoms with Crippen LogP contribution in [0.3, 0.4) is 0 Å². The standard InChI is InChI=1S/C24H35N5O5/c1-24(19-3-5-20(33-2)6-4-19)22(31)29(23(32)25-24)26-21(30)17-28-11-8-18(9-12-28)7-10-27-13-15-34-16-14-27/h3-6,18H,7-17H2,1-2H3,(H,25,32)(H,26,30). The zero-order valence-corrected chi connectivity index (χ0v) is 20.0. The van der Waals surface area contributed by atoms with Crippen molar-refractivity contribution in [1.29, 1.82) is 0 Å². The third-order valence-electron chi connectivity index (χ3n) is 7.13. The second-order valence-corrected chi connectivity index (χ2v) is 9.42. The van der Waals surface area contributed by atoms with E-state index in [0.29, 0.717) is 17.2 Å². The van der Waals surface area contributed by atoms with Gasteiger partial charge in [0.1, 0.15) is 11.3 Å². The lowest BCUT2D eigenvalue weighted by molar-refractivity contribution is -0.139. The second kappa shape index (κ2) is 10.7. The van der Waals surface area contributed by atoms with Crippen LogP contribution in [0.15, 0.2) is 24.3 Å². The Labute approximate surface area is 200 Å². The molecule has 0 spiro atoms. The molecule has 3 saturated heterocycles. The van der Waals surface area contributed by atoms with Gasteiger partial charge in [-0.25, -0.2) is 4.79 Å². The number of imide groups is 1. The molecule has 3 aliphatic heterocycles. The van der Waals surface area contributed by atoms with Crippen molar-refractivity contribution in [3.8, 4) is 5.75 Å². The van der Waals surface area contributed by atoms with Crippen molar-refractivity contribution in [2.75, 3.05) is 59.6 Å². The van der Waals surface area contributed by atoms with Crippen LogP contribution in [0.25, 0.3) is 0 Å². The minimum atomic E-state index is -1.25. The fourth-order valence-electron chi connectivity index (χ4n) is 4.85. The van der Waals surface area contributed by atoms with Crippen LogP contribution in [0.1, 0.15) is 31.7 Å². The predicted molar refractivity (Wildman–Crippen MR) is 125 cm³/mol. The van der Waals surface area contributed by atoms with Crippen LogP contribution < -0.4 is 15.5 Å². The third kappa shape index (κ3) is 5.51. The number of ether oxygens (including phenoxy) is 2. The fourth-order valence-corrected chi connectivity index (χ4v) is 4.85. The second-order valence-electron chi connectivity index (χ2n) is 9.42. The molecule has 1 unspecified atom stereocenters. The highest BCUT2D eigenvalue weighted by atomic mass is 16.5. The van der Waals surface area contributed by atoms with Crippen molar-refractivity contribution in [3.05, 3.63) is 29.8 Å². The number of nitrogens with zero attached hydrogens (tertiary/aromatic N) is 3. The molecule has 2 N–H and O–H groups in total. The molecule has 1 aromatic carbocycles. The molecule has 0 saturated carbocycles. The van der Waals surface area contributed by atoms with Crippen LogP contribution >= 0.6 is 0 Å². The smallest absolute Gasteiger partial charge is 0.344 e. The van der Waals surface area contributed by atoms with Gasteiger partial charge in [0.2, 0.25) is 0 Å². The van der Waals surface area contributed by atoms with Gasteiger partial charge in [0.05, 0.1) is 26.9 Å². The van der Waals surface area contributed by atoms with Gasteiger partial charge in [-0.15, -0.1) is 0 Å². The van der Waals surface area contributed by atoms with Gasteiger partial charge < -0.3 is 14.8 Å². The van der Waals surface area contributed by atoms with Gasteiger partial charge in [-0.05, 0) is 69.4 Å². The van der Waals surface area contributed by atoms with E-state index in [2.05, 4.69) is 20.5 Å². The molecule has 0 aromatic heterocycles. The topological polar surface area (TPSA) is 103 Å². The summed E-state index contributed by atoms with van der Waals surface area (Å²) in [5.41, 5.74) is 1.86. The van der Waals surface area contributed by atoms with Gasteiger partial charge in [-0.2, -0.15) is 5.01 Å². The highest BCUT2D eigenvalue weighted by Gasteiger charge is 2.50. The van der Waals surface area contributed by atoms with Crippen molar-refractivity contribution in [2.45, 2.75) is 31.7 Å². The minimum absolute atomic E-state index is 0.159. The van der Waals surface area contributed by atoms with Gasteiger partial charge in [0, 0.05) is 13.1 Å².